The number of anilines is 1. The highest BCUT2D eigenvalue weighted by Gasteiger charge is 2.14. The Balaban J connectivity index is 2.00. The summed E-state index contributed by atoms with van der Waals surface area (Å²) in [5.41, 5.74) is 0.415. The van der Waals surface area contributed by atoms with E-state index in [0.29, 0.717) is 16.5 Å². The number of hydrogen-bond acceptors (Lipinski definition) is 5. The van der Waals surface area contributed by atoms with Crippen LogP contribution in [0.25, 0.3) is 0 Å². The molecule has 0 aliphatic heterocycles. The molecule has 128 valence electrons. The Bertz CT molecular complexity index is 788. The number of nitrogens with one attached hydrogen (secondary N) is 1. The van der Waals surface area contributed by atoms with E-state index < -0.39 is 10.0 Å². The summed E-state index contributed by atoms with van der Waals surface area (Å²) in [6, 6.07) is 12.2. The Morgan fingerprint density at radius 1 is 1.08 bits per heavy atom. The number of rotatable bonds is 7. The first-order chi connectivity index (χ1) is 11.4. The number of halogens is 1. The average Bonchev–Trinajstić information content (AvgIpc) is 2.57. The third-order valence-electron chi connectivity index (χ3n) is 3.03. The van der Waals surface area contributed by atoms with Gasteiger partial charge >= 0.3 is 5.97 Å². The molecule has 2 rings (SSSR count). The van der Waals surface area contributed by atoms with Crippen LogP contribution < -0.4 is 9.46 Å². The standard InChI is InChI=1S/C16H16ClNO5S/c1-22-16(19)10-11-23-14-6-8-15(9-7-14)24(20,21)18-13-4-2-12(17)3-5-13/h2-9,18H,10-11H2,1H3. The van der Waals surface area contributed by atoms with E-state index in [2.05, 4.69) is 9.46 Å². The normalized spacial score (nSPS) is 10.9. The van der Waals surface area contributed by atoms with Crippen LogP contribution in [0.2, 0.25) is 5.02 Å². The van der Waals surface area contributed by atoms with E-state index >= 15 is 0 Å². The lowest BCUT2D eigenvalue weighted by atomic mass is 10.3. The van der Waals surface area contributed by atoms with Crippen molar-refractivity contribution in [1.29, 1.82) is 0 Å². The zero-order chi connectivity index (χ0) is 17.6. The molecule has 2 aromatic rings. The molecule has 0 saturated heterocycles. The minimum atomic E-state index is -3.70. The van der Waals surface area contributed by atoms with E-state index in [9.17, 15) is 13.2 Å². The van der Waals surface area contributed by atoms with Gasteiger partial charge in [-0.05, 0) is 48.5 Å². The first-order valence-electron chi connectivity index (χ1n) is 6.99. The van der Waals surface area contributed by atoms with E-state index in [1.54, 1.807) is 24.3 Å². The van der Waals surface area contributed by atoms with E-state index in [1.165, 1.54) is 31.4 Å². The molecule has 2 aromatic carbocycles. The molecule has 1 N–H and O–H groups in total. The topological polar surface area (TPSA) is 81.7 Å². The first kappa shape index (κ1) is 18.1. The fourth-order valence-electron chi connectivity index (χ4n) is 1.80. The summed E-state index contributed by atoms with van der Waals surface area (Å²) in [5, 5.41) is 0.520. The van der Waals surface area contributed by atoms with Crippen LogP contribution in [-0.2, 0) is 19.6 Å². The fraction of sp³-hybridized carbons (Fsp3) is 0.188. The van der Waals surface area contributed by atoms with Crippen LogP contribution in [0.4, 0.5) is 5.69 Å². The third-order valence-corrected chi connectivity index (χ3v) is 4.68. The SMILES string of the molecule is COC(=O)CCOc1ccc(S(=O)(=O)Nc2ccc(Cl)cc2)cc1. The maximum absolute atomic E-state index is 12.3. The van der Waals surface area contributed by atoms with Gasteiger partial charge in [0.05, 0.1) is 25.0 Å². The maximum Gasteiger partial charge on any atom is 0.308 e. The Hall–Kier alpha value is -2.25. The second-order valence-corrected chi connectivity index (χ2v) is 6.88. The minimum Gasteiger partial charge on any atom is -0.493 e. The quantitative estimate of drug-likeness (QED) is 0.758. The van der Waals surface area contributed by atoms with Gasteiger partial charge in [0.25, 0.3) is 10.0 Å². The number of benzene rings is 2. The number of ether oxygens (including phenoxy) is 2. The summed E-state index contributed by atoms with van der Waals surface area (Å²) in [6.07, 6.45) is 0.120. The summed E-state index contributed by atoms with van der Waals surface area (Å²) in [5.74, 6) is 0.0886. The molecule has 0 amide bonds. The maximum atomic E-state index is 12.3. The molecule has 0 atom stereocenters. The van der Waals surface area contributed by atoms with Gasteiger partial charge in [-0.25, -0.2) is 8.42 Å². The van der Waals surface area contributed by atoms with Gasteiger partial charge in [-0.1, -0.05) is 11.6 Å². The first-order valence-corrected chi connectivity index (χ1v) is 8.85. The zero-order valence-corrected chi connectivity index (χ0v) is 14.4. The summed E-state index contributed by atoms with van der Waals surface area (Å²) < 4.78 is 36.9. The lowest BCUT2D eigenvalue weighted by molar-refractivity contribution is -0.141. The largest absolute Gasteiger partial charge is 0.493 e. The highest BCUT2D eigenvalue weighted by molar-refractivity contribution is 7.92. The van der Waals surface area contributed by atoms with Crippen molar-refractivity contribution in [2.24, 2.45) is 0 Å². The Labute approximate surface area is 145 Å². The number of esters is 1. The number of hydrogen-bond donors (Lipinski definition) is 1. The van der Waals surface area contributed by atoms with Crippen LogP contribution in [-0.4, -0.2) is 28.1 Å². The van der Waals surface area contributed by atoms with E-state index in [4.69, 9.17) is 16.3 Å². The van der Waals surface area contributed by atoms with Crippen LogP contribution in [0.15, 0.2) is 53.4 Å². The number of carbonyl (C=O) groups excluding carboxylic acids is 1. The molecule has 8 heteroatoms. The highest BCUT2D eigenvalue weighted by atomic mass is 35.5. The predicted molar refractivity (Wildman–Crippen MR) is 90.8 cm³/mol. The summed E-state index contributed by atoms with van der Waals surface area (Å²) in [7, 11) is -2.40. The number of sulfonamides is 1. The monoisotopic (exact) mass is 369 g/mol. The second-order valence-electron chi connectivity index (χ2n) is 4.76. The van der Waals surface area contributed by atoms with Crippen molar-refractivity contribution in [1.82, 2.24) is 0 Å². The van der Waals surface area contributed by atoms with Crippen molar-refractivity contribution in [3.8, 4) is 5.75 Å². The molecule has 24 heavy (non-hydrogen) atoms. The molecule has 0 bridgehead atoms. The molecule has 0 aromatic heterocycles. The second kappa shape index (κ2) is 8.03. The lowest BCUT2D eigenvalue weighted by Crippen LogP contribution is -2.13. The molecule has 0 aliphatic rings. The van der Waals surface area contributed by atoms with Crippen molar-refractivity contribution < 1.29 is 22.7 Å². The lowest BCUT2D eigenvalue weighted by Gasteiger charge is -2.09. The molecule has 0 radical (unpaired) electrons. The van der Waals surface area contributed by atoms with Crippen LogP contribution in [0.3, 0.4) is 0 Å². The zero-order valence-electron chi connectivity index (χ0n) is 12.9. The van der Waals surface area contributed by atoms with Gasteiger partial charge in [0.1, 0.15) is 5.75 Å². The smallest absolute Gasteiger partial charge is 0.308 e. The molecule has 0 aliphatic carbocycles. The average molecular weight is 370 g/mol. The molecular weight excluding hydrogens is 354 g/mol. The van der Waals surface area contributed by atoms with Crippen molar-refractivity contribution in [3.63, 3.8) is 0 Å². The van der Waals surface area contributed by atoms with Gasteiger partial charge in [0.15, 0.2) is 0 Å². The van der Waals surface area contributed by atoms with Gasteiger partial charge in [0.2, 0.25) is 0 Å². The van der Waals surface area contributed by atoms with Crippen molar-refractivity contribution in [2.75, 3.05) is 18.4 Å². The van der Waals surface area contributed by atoms with Gasteiger partial charge < -0.3 is 9.47 Å². The van der Waals surface area contributed by atoms with Crippen LogP contribution >= 0.6 is 11.6 Å². The van der Waals surface area contributed by atoms with E-state index in [0.717, 1.165) is 0 Å². The molecular formula is C16H16ClNO5S. The Morgan fingerprint density at radius 2 is 1.71 bits per heavy atom. The summed E-state index contributed by atoms with van der Waals surface area (Å²) in [4.78, 5) is 11.1. The van der Waals surface area contributed by atoms with Crippen LogP contribution in [0.1, 0.15) is 6.42 Å². The van der Waals surface area contributed by atoms with Crippen LogP contribution in [0.5, 0.6) is 5.75 Å². The fourth-order valence-corrected chi connectivity index (χ4v) is 2.99. The molecule has 0 heterocycles. The minimum absolute atomic E-state index is 0.0952. The molecule has 0 spiro atoms. The Morgan fingerprint density at radius 3 is 2.29 bits per heavy atom. The third kappa shape index (κ3) is 5.14. The molecule has 0 saturated carbocycles. The molecule has 6 nitrogen and oxygen atoms in total. The summed E-state index contributed by atoms with van der Waals surface area (Å²) in [6.45, 7) is 0.155. The highest BCUT2D eigenvalue weighted by Crippen LogP contribution is 2.20. The number of carbonyl (C=O) groups is 1. The van der Waals surface area contributed by atoms with Gasteiger partial charge in [-0.15, -0.1) is 0 Å². The predicted octanol–water partition coefficient (Wildman–Crippen LogP) is 3.08. The van der Waals surface area contributed by atoms with Crippen LogP contribution in [0, 0.1) is 0 Å². The van der Waals surface area contributed by atoms with Gasteiger partial charge in [0, 0.05) is 10.7 Å². The van der Waals surface area contributed by atoms with E-state index in [-0.39, 0.29) is 23.9 Å². The van der Waals surface area contributed by atoms with Crippen molar-refractivity contribution in [3.05, 3.63) is 53.6 Å². The number of methoxy groups -OCH3 is 1. The molecule has 0 fully saturated rings. The Kier molecular flexibility index (Phi) is 6.05. The van der Waals surface area contributed by atoms with Crippen molar-refractivity contribution >= 4 is 33.3 Å². The summed E-state index contributed by atoms with van der Waals surface area (Å²) >= 11 is 5.77. The van der Waals surface area contributed by atoms with Gasteiger partial charge in [-0.2, -0.15) is 0 Å². The van der Waals surface area contributed by atoms with Gasteiger partial charge in [-0.3, -0.25) is 9.52 Å². The van der Waals surface area contributed by atoms with E-state index in [1.807, 2.05) is 0 Å². The molecule has 0 unspecified atom stereocenters. The van der Waals surface area contributed by atoms with Crippen molar-refractivity contribution in [2.45, 2.75) is 11.3 Å².